The number of halogens is 4. The quantitative estimate of drug-likeness (QED) is 0.866. The monoisotopic (exact) mass is 323 g/mol. The molecule has 2 rings (SSSR count). The van der Waals surface area contributed by atoms with E-state index in [0.29, 0.717) is 0 Å². The van der Waals surface area contributed by atoms with Crippen LogP contribution in [-0.4, -0.2) is 33.2 Å². The molecule has 0 aromatic carbocycles. The first-order valence-electron chi connectivity index (χ1n) is 6.90. The van der Waals surface area contributed by atoms with Crippen molar-refractivity contribution >= 4 is 23.5 Å². The minimum Gasteiger partial charge on any atom is -0.351 e. The Morgan fingerprint density at radius 2 is 1.81 bits per heavy atom. The highest BCUT2D eigenvalue weighted by Crippen LogP contribution is 2.26. The van der Waals surface area contributed by atoms with Crippen LogP contribution in [0.25, 0.3) is 0 Å². The van der Waals surface area contributed by atoms with Crippen LogP contribution in [0, 0.1) is 0 Å². The van der Waals surface area contributed by atoms with E-state index in [0.717, 1.165) is 25.7 Å². The van der Waals surface area contributed by atoms with Gasteiger partial charge in [-0.3, -0.25) is 0 Å². The summed E-state index contributed by atoms with van der Waals surface area (Å²) in [4.78, 5) is 11.6. The van der Waals surface area contributed by atoms with E-state index in [9.17, 15) is 13.2 Å². The molecule has 1 aliphatic rings. The number of aromatic nitrogens is 3. The van der Waals surface area contributed by atoms with Gasteiger partial charge in [0.1, 0.15) is 6.04 Å². The van der Waals surface area contributed by atoms with Gasteiger partial charge in [0.15, 0.2) is 0 Å². The van der Waals surface area contributed by atoms with Crippen molar-refractivity contribution in [2.75, 3.05) is 10.6 Å². The van der Waals surface area contributed by atoms with Crippen molar-refractivity contribution < 1.29 is 13.2 Å². The van der Waals surface area contributed by atoms with Crippen LogP contribution in [0.1, 0.15) is 39.0 Å². The van der Waals surface area contributed by atoms with E-state index in [4.69, 9.17) is 11.6 Å². The lowest BCUT2D eigenvalue weighted by Gasteiger charge is -2.20. The fourth-order valence-electron chi connectivity index (χ4n) is 2.30. The summed E-state index contributed by atoms with van der Waals surface area (Å²) in [6, 6.07) is -1.48. The first-order chi connectivity index (χ1) is 9.88. The van der Waals surface area contributed by atoms with E-state index in [1.807, 2.05) is 0 Å². The SMILES string of the molecule is CC[C@@H](Nc1nc(Cl)nc(NC2CCCC2)n1)C(F)(F)F. The van der Waals surface area contributed by atoms with Crippen molar-refractivity contribution in [1.29, 1.82) is 0 Å². The first kappa shape index (κ1) is 16.1. The van der Waals surface area contributed by atoms with E-state index in [1.165, 1.54) is 6.92 Å². The Hall–Kier alpha value is -1.31. The van der Waals surface area contributed by atoms with E-state index in [-0.39, 0.29) is 29.6 Å². The summed E-state index contributed by atoms with van der Waals surface area (Å²) in [6.07, 6.45) is -0.273. The van der Waals surface area contributed by atoms with Crippen molar-refractivity contribution in [1.82, 2.24) is 15.0 Å². The zero-order valence-electron chi connectivity index (χ0n) is 11.5. The van der Waals surface area contributed by atoms with Crippen LogP contribution >= 0.6 is 11.6 Å². The maximum absolute atomic E-state index is 12.8. The summed E-state index contributed by atoms with van der Waals surface area (Å²) in [5.41, 5.74) is 0. The molecular formula is C12H17ClF3N5. The molecule has 0 bridgehead atoms. The smallest absolute Gasteiger partial charge is 0.351 e. The van der Waals surface area contributed by atoms with E-state index >= 15 is 0 Å². The standard InChI is InChI=1S/C12H17ClF3N5/c1-2-8(12(14,15)16)18-11-20-9(13)19-10(21-11)17-7-5-3-4-6-7/h7-8H,2-6H2,1H3,(H2,17,18,19,20,21)/t8-/m1/s1. The molecule has 1 aliphatic carbocycles. The van der Waals surface area contributed by atoms with Crippen LogP contribution in [0.15, 0.2) is 0 Å². The van der Waals surface area contributed by atoms with Crippen molar-refractivity contribution in [3.63, 3.8) is 0 Å². The highest BCUT2D eigenvalue weighted by Gasteiger charge is 2.38. The number of rotatable bonds is 5. The second kappa shape index (κ2) is 6.64. The topological polar surface area (TPSA) is 62.7 Å². The second-order valence-electron chi connectivity index (χ2n) is 5.02. The van der Waals surface area contributed by atoms with Gasteiger partial charge >= 0.3 is 6.18 Å². The zero-order chi connectivity index (χ0) is 15.5. The molecule has 1 fully saturated rings. The van der Waals surface area contributed by atoms with Crippen LogP contribution in [0.3, 0.4) is 0 Å². The van der Waals surface area contributed by atoms with Gasteiger partial charge in [-0.15, -0.1) is 0 Å². The molecule has 0 amide bonds. The molecule has 0 unspecified atom stereocenters. The fourth-order valence-corrected chi connectivity index (χ4v) is 2.46. The number of nitrogens with one attached hydrogen (secondary N) is 2. The number of hydrogen-bond donors (Lipinski definition) is 2. The van der Waals surface area contributed by atoms with Crippen LogP contribution in [0.5, 0.6) is 0 Å². The minimum atomic E-state index is -4.37. The molecule has 9 heteroatoms. The average molecular weight is 324 g/mol. The van der Waals surface area contributed by atoms with Crippen molar-refractivity contribution in [2.24, 2.45) is 0 Å². The summed E-state index contributed by atoms with van der Waals surface area (Å²) in [7, 11) is 0. The van der Waals surface area contributed by atoms with Crippen LogP contribution in [0.2, 0.25) is 5.28 Å². The molecule has 1 aromatic rings. The van der Waals surface area contributed by atoms with E-state index in [2.05, 4.69) is 25.6 Å². The molecule has 0 radical (unpaired) electrons. The van der Waals surface area contributed by atoms with Crippen molar-refractivity contribution in [3.05, 3.63) is 5.28 Å². The lowest BCUT2D eigenvalue weighted by Crippen LogP contribution is -2.36. The molecule has 2 N–H and O–H groups in total. The molecular weight excluding hydrogens is 307 g/mol. The number of anilines is 2. The number of hydrogen-bond acceptors (Lipinski definition) is 5. The largest absolute Gasteiger partial charge is 0.408 e. The Labute approximate surface area is 125 Å². The molecule has 1 saturated carbocycles. The van der Waals surface area contributed by atoms with Gasteiger partial charge in [-0.05, 0) is 30.9 Å². The summed E-state index contributed by atoms with van der Waals surface area (Å²) >= 11 is 5.75. The van der Waals surface area contributed by atoms with Gasteiger partial charge in [0.05, 0.1) is 0 Å². The molecule has 0 saturated heterocycles. The fraction of sp³-hybridized carbons (Fsp3) is 0.750. The molecule has 5 nitrogen and oxygen atoms in total. The Morgan fingerprint density at radius 1 is 1.19 bits per heavy atom. The average Bonchev–Trinajstić information content (AvgIpc) is 2.86. The van der Waals surface area contributed by atoms with E-state index < -0.39 is 12.2 Å². The van der Waals surface area contributed by atoms with Gasteiger partial charge in [0.2, 0.25) is 17.2 Å². The van der Waals surface area contributed by atoms with Gasteiger partial charge in [-0.2, -0.15) is 28.1 Å². The second-order valence-corrected chi connectivity index (χ2v) is 5.36. The lowest BCUT2D eigenvalue weighted by molar-refractivity contribution is -0.143. The zero-order valence-corrected chi connectivity index (χ0v) is 12.3. The predicted molar refractivity (Wildman–Crippen MR) is 74.5 cm³/mol. The summed E-state index contributed by atoms with van der Waals surface area (Å²) in [5.74, 6) is 0.0427. The van der Waals surface area contributed by atoms with Gasteiger partial charge in [-0.1, -0.05) is 19.8 Å². The number of alkyl halides is 3. The molecule has 0 aliphatic heterocycles. The van der Waals surface area contributed by atoms with Crippen LogP contribution in [-0.2, 0) is 0 Å². The predicted octanol–water partition coefficient (Wildman–Crippen LogP) is 3.63. The lowest BCUT2D eigenvalue weighted by atomic mass is 10.2. The maximum atomic E-state index is 12.8. The highest BCUT2D eigenvalue weighted by molar-refractivity contribution is 6.28. The third-order valence-corrected chi connectivity index (χ3v) is 3.57. The molecule has 118 valence electrons. The van der Waals surface area contributed by atoms with Gasteiger partial charge in [0, 0.05) is 6.04 Å². The summed E-state index contributed by atoms with van der Waals surface area (Å²) in [5, 5.41) is 5.21. The van der Waals surface area contributed by atoms with Gasteiger partial charge in [-0.25, -0.2) is 0 Å². The van der Waals surface area contributed by atoms with Gasteiger partial charge < -0.3 is 10.6 Å². The van der Waals surface area contributed by atoms with E-state index in [1.54, 1.807) is 0 Å². The summed E-state index contributed by atoms with van der Waals surface area (Å²) in [6.45, 7) is 1.44. The molecule has 1 aromatic heterocycles. The number of nitrogens with zero attached hydrogens (tertiary/aromatic N) is 3. The van der Waals surface area contributed by atoms with Gasteiger partial charge in [0.25, 0.3) is 0 Å². The summed E-state index contributed by atoms with van der Waals surface area (Å²) < 4.78 is 38.3. The molecule has 1 heterocycles. The molecule has 0 spiro atoms. The third-order valence-electron chi connectivity index (χ3n) is 3.40. The Kier molecular flexibility index (Phi) is 5.08. The van der Waals surface area contributed by atoms with Crippen molar-refractivity contribution in [3.8, 4) is 0 Å². The normalized spacial score (nSPS) is 17.8. The Morgan fingerprint density at radius 3 is 2.38 bits per heavy atom. The van der Waals surface area contributed by atoms with Crippen LogP contribution in [0.4, 0.5) is 25.1 Å². The highest BCUT2D eigenvalue weighted by atomic mass is 35.5. The van der Waals surface area contributed by atoms with Crippen molar-refractivity contribution in [2.45, 2.75) is 57.3 Å². The third kappa shape index (κ3) is 4.59. The first-order valence-corrected chi connectivity index (χ1v) is 7.27. The maximum Gasteiger partial charge on any atom is 0.408 e. The molecule has 1 atom stereocenters. The molecule has 21 heavy (non-hydrogen) atoms. The Balaban J connectivity index is 2.10. The minimum absolute atomic E-state index is 0.127. The Bertz CT molecular complexity index is 476. The van der Waals surface area contributed by atoms with Crippen LogP contribution < -0.4 is 10.6 Å².